The van der Waals surface area contributed by atoms with Crippen molar-refractivity contribution < 1.29 is 4.79 Å². The second kappa shape index (κ2) is 6.15. The van der Waals surface area contributed by atoms with Crippen molar-refractivity contribution in [2.75, 3.05) is 19.8 Å². The lowest BCUT2D eigenvalue weighted by atomic mass is 10.4. The first-order valence-electron chi connectivity index (χ1n) is 4.43. The number of nitrogens with zero attached hydrogens (tertiary/aromatic N) is 1. The molecule has 0 aliphatic carbocycles. The van der Waals surface area contributed by atoms with E-state index in [2.05, 4.69) is 21.4 Å². The number of amides is 1. The van der Waals surface area contributed by atoms with Crippen molar-refractivity contribution in [2.45, 2.75) is 4.90 Å². The third-order valence-corrected chi connectivity index (χ3v) is 3.07. The summed E-state index contributed by atoms with van der Waals surface area (Å²) < 4.78 is 1.05. The largest absolute Gasteiger partial charge is 0.289 e. The topological polar surface area (TPSA) is 32.3 Å². The fourth-order valence-electron chi connectivity index (χ4n) is 0.961. The number of carbonyl (C=O) groups is 1. The van der Waals surface area contributed by atoms with Crippen molar-refractivity contribution in [1.29, 1.82) is 0 Å². The van der Waals surface area contributed by atoms with Gasteiger partial charge in [0.1, 0.15) is 0 Å². The average Bonchev–Trinajstić information content (AvgIpc) is 2.16. The molecule has 1 aromatic rings. The van der Waals surface area contributed by atoms with Gasteiger partial charge in [0.2, 0.25) is 5.91 Å². The summed E-state index contributed by atoms with van der Waals surface area (Å²) in [5.74, 6) is 0.438. The summed E-state index contributed by atoms with van der Waals surface area (Å²) in [7, 11) is 3.59. The lowest BCUT2D eigenvalue weighted by molar-refractivity contribution is -0.122. The van der Waals surface area contributed by atoms with Crippen LogP contribution in [0.15, 0.2) is 33.6 Å². The highest BCUT2D eigenvalue weighted by molar-refractivity contribution is 9.10. The molecule has 0 aromatic heterocycles. The first-order valence-corrected chi connectivity index (χ1v) is 6.21. The maximum Gasteiger partial charge on any atom is 0.244 e. The Morgan fingerprint density at radius 3 is 2.53 bits per heavy atom. The molecule has 3 nitrogen and oxygen atoms in total. The Kier molecular flexibility index (Phi) is 5.14. The molecule has 1 aromatic carbocycles. The lowest BCUT2D eigenvalue weighted by Gasteiger charge is -2.11. The molecular formula is C10H13BrN2OS. The van der Waals surface area contributed by atoms with Crippen molar-refractivity contribution in [3.63, 3.8) is 0 Å². The Morgan fingerprint density at radius 2 is 2.00 bits per heavy atom. The molecule has 1 amide bonds. The highest BCUT2D eigenvalue weighted by atomic mass is 79.9. The molecule has 0 fully saturated rings. The van der Waals surface area contributed by atoms with Crippen LogP contribution < -0.4 is 5.43 Å². The second-order valence-corrected chi connectivity index (χ2v) is 5.14. The van der Waals surface area contributed by atoms with Gasteiger partial charge < -0.3 is 0 Å². The Morgan fingerprint density at radius 1 is 1.40 bits per heavy atom. The third kappa shape index (κ3) is 5.20. The predicted octanol–water partition coefficient (Wildman–Crippen LogP) is 2.13. The van der Waals surface area contributed by atoms with E-state index in [0.29, 0.717) is 5.75 Å². The van der Waals surface area contributed by atoms with Gasteiger partial charge in [0.05, 0.1) is 5.75 Å². The molecule has 0 aliphatic heterocycles. The number of carbonyl (C=O) groups excluding carboxylic acids is 1. The predicted molar refractivity (Wildman–Crippen MR) is 66.7 cm³/mol. The summed E-state index contributed by atoms with van der Waals surface area (Å²) in [6.45, 7) is 0. The highest BCUT2D eigenvalue weighted by Gasteiger charge is 2.02. The van der Waals surface area contributed by atoms with Gasteiger partial charge in [-0.05, 0) is 24.3 Å². The summed E-state index contributed by atoms with van der Waals surface area (Å²) >= 11 is 4.88. The highest BCUT2D eigenvalue weighted by Crippen LogP contribution is 2.20. The summed E-state index contributed by atoms with van der Waals surface area (Å²) in [4.78, 5) is 12.4. The molecule has 82 valence electrons. The Balaban J connectivity index is 2.37. The quantitative estimate of drug-likeness (QED) is 0.681. The zero-order valence-corrected chi connectivity index (χ0v) is 11.1. The van der Waals surface area contributed by atoms with Crippen LogP contribution in [-0.2, 0) is 4.79 Å². The van der Waals surface area contributed by atoms with Gasteiger partial charge >= 0.3 is 0 Å². The van der Waals surface area contributed by atoms with Gasteiger partial charge in [0.25, 0.3) is 0 Å². The number of hydrogen-bond donors (Lipinski definition) is 1. The van der Waals surface area contributed by atoms with Gasteiger partial charge in [-0.15, -0.1) is 11.8 Å². The minimum Gasteiger partial charge on any atom is -0.289 e. The van der Waals surface area contributed by atoms with Crippen LogP contribution in [0.5, 0.6) is 0 Å². The van der Waals surface area contributed by atoms with E-state index in [1.807, 2.05) is 24.3 Å². The smallest absolute Gasteiger partial charge is 0.244 e. The SMILES string of the molecule is CN(C)NC(=O)CSc1ccc(Br)cc1. The first-order chi connectivity index (χ1) is 7.08. The lowest BCUT2D eigenvalue weighted by Crippen LogP contribution is -2.37. The minimum absolute atomic E-state index is 0.00733. The maximum atomic E-state index is 11.3. The number of halogens is 1. The molecule has 0 atom stereocenters. The number of benzene rings is 1. The molecule has 0 saturated carbocycles. The number of rotatable bonds is 4. The zero-order valence-electron chi connectivity index (χ0n) is 8.66. The maximum absolute atomic E-state index is 11.3. The van der Waals surface area contributed by atoms with E-state index in [1.54, 1.807) is 19.1 Å². The van der Waals surface area contributed by atoms with Gasteiger partial charge in [0.15, 0.2) is 0 Å². The van der Waals surface area contributed by atoms with Gasteiger partial charge in [-0.3, -0.25) is 10.2 Å². The van der Waals surface area contributed by atoms with Crippen LogP contribution in [0.4, 0.5) is 0 Å². The second-order valence-electron chi connectivity index (χ2n) is 3.17. The zero-order chi connectivity index (χ0) is 11.3. The monoisotopic (exact) mass is 288 g/mol. The summed E-state index contributed by atoms with van der Waals surface area (Å²) in [6, 6.07) is 7.90. The molecule has 0 bridgehead atoms. The van der Waals surface area contributed by atoms with Gasteiger partial charge in [-0.2, -0.15) is 0 Å². The summed E-state index contributed by atoms with van der Waals surface area (Å²) in [5.41, 5.74) is 2.69. The van der Waals surface area contributed by atoms with Gasteiger partial charge in [-0.25, -0.2) is 5.01 Å². The molecule has 1 N–H and O–H groups in total. The fourth-order valence-corrected chi connectivity index (χ4v) is 1.92. The minimum atomic E-state index is 0.00733. The fraction of sp³-hybridized carbons (Fsp3) is 0.300. The van der Waals surface area contributed by atoms with Crippen LogP contribution in [-0.4, -0.2) is 30.8 Å². The number of hydrogen-bond acceptors (Lipinski definition) is 3. The first kappa shape index (κ1) is 12.5. The molecule has 15 heavy (non-hydrogen) atoms. The Labute approximate surface area is 102 Å². The number of nitrogens with one attached hydrogen (secondary N) is 1. The van der Waals surface area contributed by atoms with Crippen molar-refractivity contribution >= 4 is 33.6 Å². The van der Waals surface area contributed by atoms with Crippen molar-refractivity contribution in [3.05, 3.63) is 28.7 Å². The molecule has 0 spiro atoms. The van der Waals surface area contributed by atoms with Crippen molar-refractivity contribution in [1.82, 2.24) is 10.4 Å². The van der Waals surface area contributed by atoms with Gasteiger partial charge in [-0.1, -0.05) is 15.9 Å². The van der Waals surface area contributed by atoms with E-state index < -0.39 is 0 Å². The molecular weight excluding hydrogens is 276 g/mol. The molecule has 0 aliphatic rings. The third-order valence-electron chi connectivity index (χ3n) is 1.53. The number of thioether (sulfide) groups is 1. The van der Waals surface area contributed by atoms with Crippen LogP contribution in [0.1, 0.15) is 0 Å². The van der Waals surface area contributed by atoms with Crippen LogP contribution in [0, 0.1) is 0 Å². The van der Waals surface area contributed by atoms with E-state index in [0.717, 1.165) is 9.37 Å². The summed E-state index contributed by atoms with van der Waals surface area (Å²) in [5, 5.41) is 1.64. The number of hydrazine groups is 1. The van der Waals surface area contributed by atoms with E-state index in [-0.39, 0.29) is 5.91 Å². The Hall–Kier alpha value is -0.520. The molecule has 5 heteroatoms. The molecule has 0 radical (unpaired) electrons. The van der Waals surface area contributed by atoms with E-state index in [4.69, 9.17) is 0 Å². The summed E-state index contributed by atoms with van der Waals surface area (Å²) in [6.07, 6.45) is 0. The van der Waals surface area contributed by atoms with Crippen LogP contribution in [0.25, 0.3) is 0 Å². The van der Waals surface area contributed by atoms with Crippen LogP contribution in [0.3, 0.4) is 0 Å². The normalized spacial score (nSPS) is 10.4. The van der Waals surface area contributed by atoms with Crippen molar-refractivity contribution in [2.24, 2.45) is 0 Å². The molecule has 0 saturated heterocycles. The van der Waals surface area contributed by atoms with E-state index >= 15 is 0 Å². The van der Waals surface area contributed by atoms with Crippen LogP contribution in [0.2, 0.25) is 0 Å². The average molecular weight is 289 g/mol. The molecule has 0 unspecified atom stereocenters. The standard InChI is InChI=1S/C10H13BrN2OS/c1-13(2)12-10(14)7-15-9-5-3-8(11)4-6-9/h3-6H,7H2,1-2H3,(H,12,14). The van der Waals surface area contributed by atoms with Crippen molar-refractivity contribution in [3.8, 4) is 0 Å². The molecule has 0 heterocycles. The molecule has 1 rings (SSSR count). The van der Waals surface area contributed by atoms with E-state index in [1.165, 1.54) is 11.8 Å². The van der Waals surface area contributed by atoms with Crippen LogP contribution >= 0.6 is 27.7 Å². The van der Waals surface area contributed by atoms with E-state index in [9.17, 15) is 4.79 Å². The Bertz CT molecular complexity index is 327. The van der Waals surface area contributed by atoms with Gasteiger partial charge in [0, 0.05) is 23.5 Å².